The van der Waals surface area contributed by atoms with Crippen molar-refractivity contribution in [3.8, 4) is 0 Å². The minimum atomic E-state index is -0.763. The number of aliphatic hydroxyl groups is 1. The number of hydrogen-bond acceptors (Lipinski definition) is 5. The molecule has 27 heavy (non-hydrogen) atoms. The summed E-state index contributed by atoms with van der Waals surface area (Å²) >= 11 is 3.09. The summed E-state index contributed by atoms with van der Waals surface area (Å²) in [4.78, 5) is 25.9. The Bertz CT molecular complexity index is 585. The Morgan fingerprint density at radius 1 is 1.26 bits per heavy atom. The van der Waals surface area contributed by atoms with Gasteiger partial charge in [-0.2, -0.15) is 11.8 Å². The summed E-state index contributed by atoms with van der Waals surface area (Å²) in [5.41, 5.74) is -0.460. The van der Waals surface area contributed by atoms with Crippen LogP contribution in [0.4, 0.5) is 0 Å². The summed E-state index contributed by atoms with van der Waals surface area (Å²) in [6, 6.07) is 10.1. The number of carbonyl (C=O) groups is 2. The maximum Gasteiger partial charge on any atom is 0.304 e. The van der Waals surface area contributed by atoms with Crippen LogP contribution < -0.4 is 0 Å². The minimum Gasteiger partial charge on any atom is -0.481 e. The number of hydrogen-bond donors (Lipinski definition) is 2. The van der Waals surface area contributed by atoms with Gasteiger partial charge in [-0.05, 0) is 50.0 Å². The maximum atomic E-state index is 12.3. The van der Waals surface area contributed by atoms with Crippen molar-refractivity contribution >= 4 is 35.4 Å². The number of benzene rings is 1. The lowest BCUT2D eigenvalue weighted by atomic mass is 9.97. The molecule has 2 N–H and O–H groups in total. The summed E-state index contributed by atoms with van der Waals surface area (Å²) < 4.78 is 0. The first-order valence-electron chi connectivity index (χ1n) is 9.55. The molecule has 1 aliphatic rings. The van der Waals surface area contributed by atoms with Crippen LogP contribution in [0.1, 0.15) is 44.9 Å². The number of likely N-dealkylation sites (tertiary alicyclic amines) is 1. The molecule has 0 bridgehead atoms. The van der Waals surface area contributed by atoms with Crippen LogP contribution >= 0.6 is 23.5 Å². The fraction of sp³-hybridized carbons (Fsp3) is 0.600. The second-order valence-electron chi connectivity index (χ2n) is 6.71. The predicted octanol–water partition coefficient (Wildman–Crippen LogP) is 3.86. The van der Waals surface area contributed by atoms with Crippen molar-refractivity contribution in [2.24, 2.45) is 0 Å². The Kier molecular flexibility index (Phi) is 10.1. The first-order valence-corrected chi connectivity index (χ1v) is 11.6. The third kappa shape index (κ3) is 8.58. The number of nitrogens with zero attached hydrogens (tertiary/aromatic N) is 1. The normalized spacial score (nSPS) is 18.5. The standard InChI is InChI=1S/C20H29NO4S2/c22-18-9-4-6-16(21(18)13-5-14-26-15-12-19(23)24)10-11-20(25)27-17-7-2-1-3-8-17/h1-3,7-8,16,20,25H,4-6,9-15H2,(H,23,24)/t16-,20?/m1/s1. The topological polar surface area (TPSA) is 77.8 Å². The van der Waals surface area contributed by atoms with Crippen molar-refractivity contribution in [3.63, 3.8) is 0 Å². The van der Waals surface area contributed by atoms with Gasteiger partial charge in [0.2, 0.25) is 5.91 Å². The van der Waals surface area contributed by atoms with E-state index in [2.05, 4.69) is 0 Å². The lowest BCUT2D eigenvalue weighted by molar-refractivity contribution is -0.137. The molecule has 0 radical (unpaired) electrons. The summed E-state index contributed by atoms with van der Waals surface area (Å²) in [6.07, 6.45) is 5.10. The van der Waals surface area contributed by atoms with E-state index in [9.17, 15) is 14.7 Å². The lowest BCUT2D eigenvalue weighted by Crippen LogP contribution is -2.44. The van der Waals surface area contributed by atoms with Crippen molar-refractivity contribution in [3.05, 3.63) is 30.3 Å². The number of rotatable bonds is 12. The number of piperidine rings is 1. The van der Waals surface area contributed by atoms with E-state index in [1.165, 1.54) is 11.8 Å². The van der Waals surface area contributed by atoms with Gasteiger partial charge < -0.3 is 15.1 Å². The zero-order valence-electron chi connectivity index (χ0n) is 15.6. The fourth-order valence-electron chi connectivity index (χ4n) is 3.25. The van der Waals surface area contributed by atoms with Crippen LogP contribution in [0.25, 0.3) is 0 Å². The number of aliphatic carboxylic acids is 1. The van der Waals surface area contributed by atoms with Gasteiger partial charge in [0, 0.05) is 29.7 Å². The quantitative estimate of drug-likeness (QED) is 0.309. The molecule has 0 aromatic heterocycles. The van der Waals surface area contributed by atoms with E-state index in [1.54, 1.807) is 11.8 Å². The molecule has 1 unspecified atom stereocenters. The number of carboxylic acid groups (broad SMARTS) is 1. The van der Waals surface area contributed by atoms with Crippen molar-refractivity contribution in [2.75, 3.05) is 18.1 Å². The van der Waals surface area contributed by atoms with Crippen molar-refractivity contribution in [1.82, 2.24) is 4.90 Å². The van der Waals surface area contributed by atoms with Crippen LogP contribution in [0.2, 0.25) is 0 Å². The molecule has 1 aromatic carbocycles. The molecule has 0 spiro atoms. The molecule has 2 atom stereocenters. The maximum absolute atomic E-state index is 12.3. The first kappa shape index (κ1) is 22.1. The molecule has 1 fully saturated rings. The molecule has 1 saturated heterocycles. The van der Waals surface area contributed by atoms with Crippen molar-refractivity contribution in [1.29, 1.82) is 0 Å². The molecule has 1 aliphatic heterocycles. The molecular weight excluding hydrogens is 382 g/mol. The van der Waals surface area contributed by atoms with Crippen LogP contribution in [-0.4, -0.2) is 56.5 Å². The number of thioether (sulfide) groups is 2. The summed E-state index contributed by atoms with van der Waals surface area (Å²) in [5, 5.41) is 19.0. The molecular formula is C20H29NO4S2. The van der Waals surface area contributed by atoms with Gasteiger partial charge in [-0.25, -0.2) is 0 Å². The molecule has 7 heteroatoms. The Labute approximate surface area is 169 Å². The number of carbonyl (C=O) groups excluding carboxylic acids is 1. The van der Waals surface area contributed by atoms with Crippen LogP contribution in [-0.2, 0) is 9.59 Å². The number of carboxylic acids is 1. The summed E-state index contributed by atoms with van der Waals surface area (Å²) in [5.74, 6) is 0.944. The zero-order chi connectivity index (χ0) is 19.5. The summed E-state index contributed by atoms with van der Waals surface area (Å²) in [7, 11) is 0. The minimum absolute atomic E-state index is 0.187. The molecule has 2 rings (SSSR count). The van der Waals surface area contributed by atoms with E-state index in [4.69, 9.17) is 5.11 Å². The molecule has 0 saturated carbocycles. The second kappa shape index (κ2) is 12.3. The van der Waals surface area contributed by atoms with Gasteiger partial charge in [0.25, 0.3) is 0 Å². The fourth-order valence-corrected chi connectivity index (χ4v) is 4.99. The van der Waals surface area contributed by atoms with E-state index >= 15 is 0 Å². The van der Waals surface area contributed by atoms with E-state index in [0.717, 1.165) is 42.9 Å². The van der Waals surface area contributed by atoms with Crippen LogP contribution in [0.5, 0.6) is 0 Å². The van der Waals surface area contributed by atoms with Crippen LogP contribution in [0, 0.1) is 0 Å². The average Bonchev–Trinajstić information content (AvgIpc) is 2.65. The Morgan fingerprint density at radius 2 is 2.04 bits per heavy atom. The molecule has 1 heterocycles. The van der Waals surface area contributed by atoms with E-state index < -0.39 is 11.4 Å². The highest BCUT2D eigenvalue weighted by Gasteiger charge is 2.27. The van der Waals surface area contributed by atoms with Gasteiger partial charge in [-0.3, -0.25) is 9.59 Å². The van der Waals surface area contributed by atoms with Gasteiger partial charge in [0.15, 0.2) is 0 Å². The molecule has 1 amide bonds. The Balaban J connectivity index is 1.72. The lowest BCUT2D eigenvalue weighted by Gasteiger charge is -2.36. The van der Waals surface area contributed by atoms with E-state index in [1.807, 2.05) is 35.2 Å². The molecule has 1 aromatic rings. The second-order valence-corrected chi connectivity index (χ2v) is 9.18. The molecule has 150 valence electrons. The highest BCUT2D eigenvalue weighted by atomic mass is 32.2. The highest BCUT2D eigenvalue weighted by Crippen LogP contribution is 2.28. The monoisotopic (exact) mass is 411 g/mol. The first-order chi connectivity index (χ1) is 13.1. The van der Waals surface area contributed by atoms with Gasteiger partial charge in [-0.15, -0.1) is 0 Å². The van der Waals surface area contributed by atoms with E-state index in [0.29, 0.717) is 18.6 Å². The summed E-state index contributed by atoms with van der Waals surface area (Å²) in [6.45, 7) is 0.728. The number of amides is 1. The number of aliphatic hydroxyl groups excluding tert-OH is 1. The largest absolute Gasteiger partial charge is 0.481 e. The Morgan fingerprint density at radius 3 is 2.78 bits per heavy atom. The molecule has 5 nitrogen and oxygen atoms in total. The predicted molar refractivity (Wildman–Crippen MR) is 111 cm³/mol. The molecule has 0 aliphatic carbocycles. The van der Waals surface area contributed by atoms with Gasteiger partial charge in [-0.1, -0.05) is 30.0 Å². The SMILES string of the molecule is O=C(O)CCSCCCN1C(=O)CCC[C@@H]1CCC(O)Sc1ccccc1. The van der Waals surface area contributed by atoms with Crippen LogP contribution in [0.3, 0.4) is 0 Å². The highest BCUT2D eigenvalue weighted by molar-refractivity contribution is 7.99. The van der Waals surface area contributed by atoms with Crippen molar-refractivity contribution in [2.45, 2.75) is 61.3 Å². The van der Waals surface area contributed by atoms with Crippen molar-refractivity contribution < 1.29 is 19.8 Å². The Hall–Kier alpha value is -1.18. The zero-order valence-corrected chi connectivity index (χ0v) is 17.2. The smallest absolute Gasteiger partial charge is 0.304 e. The average molecular weight is 412 g/mol. The van der Waals surface area contributed by atoms with Gasteiger partial charge in [0.1, 0.15) is 5.44 Å². The third-order valence-corrected chi connectivity index (χ3v) is 6.72. The third-order valence-electron chi connectivity index (χ3n) is 4.60. The van der Waals surface area contributed by atoms with E-state index in [-0.39, 0.29) is 18.4 Å². The van der Waals surface area contributed by atoms with Crippen LogP contribution in [0.15, 0.2) is 35.2 Å². The van der Waals surface area contributed by atoms with Gasteiger partial charge in [0.05, 0.1) is 6.42 Å². The van der Waals surface area contributed by atoms with Gasteiger partial charge >= 0.3 is 5.97 Å².